The molecule has 1 aromatic heterocycles. The Labute approximate surface area is 98.8 Å². The van der Waals surface area contributed by atoms with E-state index in [2.05, 4.69) is 4.98 Å². The highest BCUT2D eigenvalue weighted by atomic mass is 19.1. The number of nitrogens with zero attached hydrogens (tertiary/aromatic N) is 1. The van der Waals surface area contributed by atoms with Gasteiger partial charge in [-0.25, -0.2) is 9.37 Å². The van der Waals surface area contributed by atoms with Crippen LogP contribution in [0.4, 0.5) is 4.39 Å². The Balaban J connectivity index is 2.04. The molecule has 17 heavy (non-hydrogen) atoms. The molecule has 0 bridgehead atoms. The molecule has 0 amide bonds. The fourth-order valence-electron chi connectivity index (χ4n) is 1.41. The largest absolute Gasteiger partial charge is 0.489 e. The summed E-state index contributed by atoms with van der Waals surface area (Å²) < 4.78 is 23.3. The van der Waals surface area contributed by atoms with Gasteiger partial charge in [-0.15, -0.1) is 0 Å². The quantitative estimate of drug-likeness (QED) is 0.813. The Kier molecular flexibility index (Phi) is 3.55. The molecule has 0 N–H and O–H groups in total. The summed E-state index contributed by atoms with van der Waals surface area (Å²) in [6.45, 7) is 0.336. The van der Waals surface area contributed by atoms with Crippen molar-refractivity contribution in [1.82, 2.24) is 4.98 Å². The highest BCUT2D eigenvalue weighted by molar-refractivity contribution is 5.27. The number of benzene rings is 1. The number of aromatic nitrogens is 1. The molecule has 0 aliphatic heterocycles. The predicted molar refractivity (Wildman–Crippen MR) is 61.5 cm³/mol. The van der Waals surface area contributed by atoms with Gasteiger partial charge in [0.2, 0.25) is 5.88 Å². The minimum Gasteiger partial charge on any atom is -0.489 e. The molecule has 1 aromatic carbocycles. The molecule has 0 saturated carbocycles. The van der Waals surface area contributed by atoms with E-state index >= 15 is 0 Å². The van der Waals surface area contributed by atoms with E-state index in [9.17, 15) is 4.39 Å². The van der Waals surface area contributed by atoms with Gasteiger partial charge in [-0.05, 0) is 36.4 Å². The van der Waals surface area contributed by atoms with Crippen LogP contribution in [-0.4, -0.2) is 12.1 Å². The number of ether oxygens (including phenoxy) is 2. The van der Waals surface area contributed by atoms with Gasteiger partial charge in [0.05, 0.1) is 12.7 Å². The maximum absolute atomic E-state index is 12.7. The molecule has 2 aromatic rings. The van der Waals surface area contributed by atoms with Crippen LogP contribution >= 0.6 is 0 Å². The first-order valence-electron chi connectivity index (χ1n) is 5.16. The van der Waals surface area contributed by atoms with Crippen molar-refractivity contribution in [3.05, 3.63) is 54.0 Å². The van der Waals surface area contributed by atoms with E-state index in [1.807, 2.05) is 12.1 Å². The molecule has 0 aliphatic carbocycles. The second kappa shape index (κ2) is 5.30. The van der Waals surface area contributed by atoms with Crippen LogP contribution in [0.1, 0.15) is 5.56 Å². The molecule has 0 fully saturated rings. The molecule has 0 saturated heterocycles. The maximum Gasteiger partial charge on any atom is 0.219 e. The van der Waals surface area contributed by atoms with Crippen LogP contribution in [0.25, 0.3) is 0 Å². The average Bonchev–Trinajstić information content (AvgIpc) is 2.38. The number of hydrogen-bond acceptors (Lipinski definition) is 3. The lowest BCUT2D eigenvalue weighted by Crippen LogP contribution is -2.00. The van der Waals surface area contributed by atoms with Gasteiger partial charge < -0.3 is 9.47 Å². The van der Waals surface area contributed by atoms with Crippen molar-refractivity contribution in [2.24, 2.45) is 0 Å². The molecule has 1 heterocycles. The fourth-order valence-corrected chi connectivity index (χ4v) is 1.41. The van der Waals surface area contributed by atoms with Crippen molar-refractivity contribution < 1.29 is 13.9 Å². The molecule has 4 heteroatoms. The summed E-state index contributed by atoms with van der Waals surface area (Å²) in [4.78, 5) is 4.06. The third-order valence-electron chi connectivity index (χ3n) is 2.25. The predicted octanol–water partition coefficient (Wildman–Crippen LogP) is 2.81. The normalized spacial score (nSPS) is 10.0. The van der Waals surface area contributed by atoms with E-state index in [-0.39, 0.29) is 5.82 Å². The number of halogens is 1. The van der Waals surface area contributed by atoms with Crippen molar-refractivity contribution in [2.45, 2.75) is 6.61 Å². The minimum atomic E-state index is -0.281. The zero-order valence-corrected chi connectivity index (χ0v) is 9.39. The lowest BCUT2D eigenvalue weighted by atomic mass is 10.3. The van der Waals surface area contributed by atoms with Crippen LogP contribution in [0.5, 0.6) is 11.6 Å². The van der Waals surface area contributed by atoms with Crippen LogP contribution in [0.2, 0.25) is 0 Å². The summed E-state index contributed by atoms with van der Waals surface area (Å²) in [6, 6.07) is 9.56. The second-order valence-electron chi connectivity index (χ2n) is 3.41. The van der Waals surface area contributed by atoms with Gasteiger partial charge in [0.15, 0.2) is 0 Å². The van der Waals surface area contributed by atoms with E-state index < -0.39 is 0 Å². The Morgan fingerprint density at radius 1 is 1.18 bits per heavy atom. The summed E-state index contributed by atoms with van der Waals surface area (Å²) in [5.41, 5.74) is 0.847. The molecule has 2 rings (SSSR count). The Hall–Kier alpha value is -2.10. The number of methoxy groups -OCH3 is 1. The zero-order valence-electron chi connectivity index (χ0n) is 9.39. The first-order valence-corrected chi connectivity index (χ1v) is 5.16. The molecule has 0 aliphatic rings. The molecule has 88 valence electrons. The van der Waals surface area contributed by atoms with E-state index in [1.165, 1.54) is 12.1 Å². The molecule has 0 unspecified atom stereocenters. The molecule has 0 radical (unpaired) electrons. The van der Waals surface area contributed by atoms with Gasteiger partial charge in [0, 0.05) is 6.20 Å². The monoisotopic (exact) mass is 233 g/mol. The smallest absolute Gasteiger partial charge is 0.219 e. The first kappa shape index (κ1) is 11.4. The van der Waals surface area contributed by atoms with Crippen molar-refractivity contribution in [2.75, 3.05) is 7.11 Å². The summed E-state index contributed by atoms with van der Waals surface area (Å²) in [5, 5.41) is 0. The van der Waals surface area contributed by atoms with Crippen LogP contribution in [0, 0.1) is 5.82 Å². The first-order chi connectivity index (χ1) is 8.29. The van der Waals surface area contributed by atoms with Crippen molar-refractivity contribution in [3.63, 3.8) is 0 Å². The molecule has 3 nitrogen and oxygen atoms in total. The summed E-state index contributed by atoms with van der Waals surface area (Å²) in [5.74, 6) is 0.864. The number of hydrogen-bond donors (Lipinski definition) is 0. The molecule has 0 spiro atoms. The van der Waals surface area contributed by atoms with Gasteiger partial charge in [-0.3, -0.25) is 0 Å². The topological polar surface area (TPSA) is 31.4 Å². The van der Waals surface area contributed by atoms with Gasteiger partial charge in [0.25, 0.3) is 0 Å². The Morgan fingerprint density at radius 2 is 1.94 bits per heavy atom. The standard InChI is InChI=1S/C13H12FNO2/c1-16-13-10(3-2-8-15-13)9-17-12-6-4-11(14)5-7-12/h2-8H,9H2,1H3. The zero-order chi connectivity index (χ0) is 12.1. The maximum atomic E-state index is 12.7. The lowest BCUT2D eigenvalue weighted by Gasteiger charge is -2.08. The molecule has 0 atom stereocenters. The van der Waals surface area contributed by atoms with Crippen molar-refractivity contribution in [3.8, 4) is 11.6 Å². The highest BCUT2D eigenvalue weighted by Gasteiger charge is 2.03. The van der Waals surface area contributed by atoms with Crippen LogP contribution in [-0.2, 0) is 6.61 Å². The third-order valence-corrected chi connectivity index (χ3v) is 2.25. The second-order valence-corrected chi connectivity index (χ2v) is 3.41. The lowest BCUT2D eigenvalue weighted by molar-refractivity contribution is 0.293. The van der Waals surface area contributed by atoms with E-state index in [0.29, 0.717) is 18.2 Å². The summed E-state index contributed by atoms with van der Waals surface area (Å²) in [7, 11) is 1.56. The van der Waals surface area contributed by atoms with Crippen molar-refractivity contribution >= 4 is 0 Å². The molecular formula is C13H12FNO2. The SMILES string of the molecule is COc1ncccc1COc1ccc(F)cc1. The van der Waals surface area contributed by atoms with Gasteiger partial charge >= 0.3 is 0 Å². The van der Waals surface area contributed by atoms with E-state index in [4.69, 9.17) is 9.47 Å². The van der Waals surface area contributed by atoms with Gasteiger partial charge in [-0.2, -0.15) is 0 Å². The van der Waals surface area contributed by atoms with Crippen LogP contribution < -0.4 is 9.47 Å². The minimum absolute atomic E-state index is 0.281. The molecular weight excluding hydrogens is 221 g/mol. The van der Waals surface area contributed by atoms with Crippen LogP contribution in [0.3, 0.4) is 0 Å². The van der Waals surface area contributed by atoms with Crippen LogP contribution in [0.15, 0.2) is 42.6 Å². The summed E-state index contributed by atoms with van der Waals surface area (Å²) in [6.07, 6.45) is 1.65. The summed E-state index contributed by atoms with van der Waals surface area (Å²) >= 11 is 0. The Bertz CT molecular complexity index is 485. The average molecular weight is 233 g/mol. The van der Waals surface area contributed by atoms with E-state index in [1.54, 1.807) is 25.4 Å². The highest BCUT2D eigenvalue weighted by Crippen LogP contribution is 2.17. The van der Waals surface area contributed by atoms with Gasteiger partial charge in [-0.1, -0.05) is 0 Å². The number of pyridine rings is 1. The van der Waals surface area contributed by atoms with E-state index in [0.717, 1.165) is 5.56 Å². The fraction of sp³-hybridized carbons (Fsp3) is 0.154. The Morgan fingerprint density at radius 3 is 2.65 bits per heavy atom. The number of rotatable bonds is 4. The van der Waals surface area contributed by atoms with Gasteiger partial charge in [0.1, 0.15) is 18.2 Å². The van der Waals surface area contributed by atoms with Crippen molar-refractivity contribution in [1.29, 1.82) is 0 Å². The third kappa shape index (κ3) is 2.93.